The molecular formula is C6H11Fe. The van der Waals surface area contributed by atoms with Gasteiger partial charge in [-0.25, -0.2) is 0 Å². The summed E-state index contributed by atoms with van der Waals surface area (Å²) in [4.78, 5) is 0.786. The fourth-order valence-electron chi connectivity index (χ4n) is 1.04. The van der Waals surface area contributed by atoms with E-state index in [1.807, 2.05) is 0 Å². The summed E-state index contributed by atoms with van der Waals surface area (Å²) >= 11 is 4.00. The number of rotatable bonds is 0. The van der Waals surface area contributed by atoms with Gasteiger partial charge in [0.05, 0.1) is 0 Å². The van der Waals surface area contributed by atoms with Gasteiger partial charge >= 0.3 is 52.9 Å². The van der Waals surface area contributed by atoms with Crippen molar-refractivity contribution in [2.75, 3.05) is 0 Å². The predicted octanol–water partition coefficient (Wildman–Crippen LogP) is 2.29. The Morgan fingerprint density at radius 1 is 1.00 bits per heavy atom. The van der Waals surface area contributed by atoms with E-state index in [1.54, 1.807) is 0 Å². The fraction of sp³-hybridized carbons (Fsp3) is 1.00. The van der Waals surface area contributed by atoms with Gasteiger partial charge in [0.25, 0.3) is 0 Å². The molecule has 0 bridgehead atoms. The van der Waals surface area contributed by atoms with Crippen molar-refractivity contribution < 1.29 is 16.0 Å². The van der Waals surface area contributed by atoms with E-state index in [1.165, 1.54) is 32.1 Å². The molecule has 0 radical (unpaired) electrons. The van der Waals surface area contributed by atoms with Crippen molar-refractivity contribution in [3.8, 4) is 0 Å². The Balaban J connectivity index is 2.12. The standard InChI is InChI=1S/C6H11.Fe/c1-2-4-6-5-3-1;/h1H,2-6H2;. The molecule has 1 aliphatic carbocycles. The minimum absolute atomic E-state index is 0.786. The Labute approximate surface area is 53.5 Å². The second kappa shape index (κ2) is 2.74. The topological polar surface area (TPSA) is 0 Å². The molecule has 0 saturated heterocycles. The van der Waals surface area contributed by atoms with E-state index < -0.39 is 0 Å². The Hall–Kier alpha value is 0.519. The summed E-state index contributed by atoms with van der Waals surface area (Å²) in [6.45, 7) is 0. The Morgan fingerprint density at radius 2 is 1.57 bits per heavy atom. The first-order valence-corrected chi connectivity index (χ1v) is 3.66. The van der Waals surface area contributed by atoms with Crippen LogP contribution in [0.2, 0.25) is 4.82 Å². The monoisotopic (exact) mass is 139 g/mol. The number of hydrogen-bond donors (Lipinski definition) is 0. The molecule has 0 nitrogen and oxygen atoms in total. The van der Waals surface area contributed by atoms with E-state index in [0.29, 0.717) is 0 Å². The van der Waals surface area contributed by atoms with Gasteiger partial charge in [-0.1, -0.05) is 0 Å². The third kappa shape index (κ3) is 1.83. The summed E-state index contributed by atoms with van der Waals surface area (Å²) in [6, 6.07) is 0. The van der Waals surface area contributed by atoms with Gasteiger partial charge in [-0.05, 0) is 0 Å². The number of hydrogen-bond acceptors (Lipinski definition) is 0. The zero-order valence-electron chi connectivity index (χ0n) is 4.47. The molecule has 1 rings (SSSR count). The van der Waals surface area contributed by atoms with Gasteiger partial charge in [0, 0.05) is 0 Å². The van der Waals surface area contributed by atoms with E-state index in [4.69, 9.17) is 0 Å². The molecule has 0 heterocycles. The van der Waals surface area contributed by atoms with Crippen LogP contribution >= 0.6 is 0 Å². The van der Waals surface area contributed by atoms with Gasteiger partial charge in [0.2, 0.25) is 0 Å². The fourth-order valence-corrected chi connectivity index (χ4v) is 1.49. The Morgan fingerprint density at radius 3 is 1.86 bits per heavy atom. The zero-order valence-corrected chi connectivity index (χ0v) is 5.57. The van der Waals surface area contributed by atoms with Gasteiger partial charge in [0.1, 0.15) is 0 Å². The summed E-state index contributed by atoms with van der Waals surface area (Å²) in [5.41, 5.74) is 0. The summed E-state index contributed by atoms with van der Waals surface area (Å²) in [6.07, 6.45) is 7.05. The van der Waals surface area contributed by atoms with E-state index in [-0.39, 0.29) is 0 Å². The molecular weight excluding hydrogens is 128 g/mol. The van der Waals surface area contributed by atoms with Crippen molar-refractivity contribution in [3.05, 3.63) is 0 Å². The van der Waals surface area contributed by atoms with Crippen LogP contribution in [-0.2, 0) is 16.0 Å². The van der Waals surface area contributed by atoms with Gasteiger partial charge in [-0.15, -0.1) is 0 Å². The SMILES string of the molecule is [Fe][CH]1CCCCC1. The molecule has 0 N–H and O–H groups in total. The van der Waals surface area contributed by atoms with Crippen LogP contribution in [0.5, 0.6) is 0 Å². The van der Waals surface area contributed by atoms with Crippen LogP contribution in [0.1, 0.15) is 32.1 Å². The van der Waals surface area contributed by atoms with Crippen LogP contribution in [0.15, 0.2) is 0 Å². The third-order valence-electron chi connectivity index (χ3n) is 1.52. The van der Waals surface area contributed by atoms with Crippen molar-refractivity contribution in [1.82, 2.24) is 0 Å². The maximum atomic E-state index is 4.00. The van der Waals surface area contributed by atoms with E-state index >= 15 is 0 Å². The van der Waals surface area contributed by atoms with Crippen molar-refractivity contribution in [1.29, 1.82) is 0 Å². The summed E-state index contributed by atoms with van der Waals surface area (Å²) in [5, 5.41) is 0. The molecule has 0 atom stereocenters. The third-order valence-corrected chi connectivity index (χ3v) is 2.16. The molecule has 1 aliphatic rings. The normalized spacial score (nSPS) is 25.3. The van der Waals surface area contributed by atoms with Gasteiger partial charge in [-0.3, -0.25) is 0 Å². The van der Waals surface area contributed by atoms with Gasteiger partial charge in [-0.2, -0.15) is 0 Å². The van der Waals surface area contributed by atoms with Crippen molar-refractivity contribution in [2.24, 2.45) is 0 Å². The molecule has 43 valence electrons. The first kappa shape index (κ1) is 5.65. The molecule has 0 spiro atoms. The predicted molar refractivity (Wildman–Crippen MR) is 26.8 cm³/mol. The molecule has 0 aromatic rings. The molecule has 0 unspecified atom stereocenters. The van der Waals surface area contributed by atoms with Crippen LogP contribution < -0.4 is 0 Å². The molecule has 0 aliphatic heterocycles. The second-order valence-electron chi connectivity index (χ2n) is 2.22. The van der Waals surface area contributed by atoms with Crippen molar-refractivity contribution in [3.63, 3.8) is 0 Å². The van der Waals surface area contributed by atoms with Crippen LogP contribution in [0, 0.1) is 0 Å². The second-order valence-corrected chi connectivity index (χ2v) is 3.12. The van der Waals surface area contributed by atoms with Crippen molar-refractivity contribution >= 4 is 0 Å². The van der Waals surface area contributed by atoms with Crippen LogP contribution in [0.3, 0.4) is 0 Å². The van der Waals surface area contributed by atoms with E-state index in [9.17, 15) is 0 Å². The van der Waals surface area contributed by atoms with Crippen LogP contribution in [0.25, 0.3) is 0 Å². The Kier molecular flexibility index (Phi) is 2.21. The van der Waals surface area contributed by atoms with Crippen molar-refractivity contribution in [2.45, 2.75) is 36.9 Å². The summed E-state index contributed by atoms with van der Waals surface area (Å²) in [7, 11) is 0. The van der Waals surface area contributed by atoms with E-state index in [0.717, 1.165) is 4.82 Å². The molecule has 0 aromatic carbocycles. The minimum atomic E-state index is 0.786. The molecule has 1 fully saturated rings. The molecule has 1 saturated carbocycles. The first-order chi connectivity index (χ1) is 3.39. The summed E-state index contributed by atoms with van der Waals surface area (Å²) < 4.78 is 0. The molecule has 0 aromatic heterocycles. The van der Waals surface area contributed by atoms with E-state index in [2.05, 4.69) is 16.0 Å². The average molecular weight is 139 g/mol. The van der Waals surface area contributed by atoms with Gasteiger partial charge < -0.3 is 0 Å². The van der Waals surface area contributed by atoms with Gasteiger partial charge in [0.15, 0.2) is 0 Å². The molecule has 1 heteroatoms. The molecule has 0 amide bonds. The Bertz CT molecular complexity index is 46.1. The average Bonchev–Trinajstić information content (AvgIpc) is 1.69. The maximum absolute atomic E-state index is 4.00. The quantitative estimate of drug-likeness (QED) is 0.451. The molecule has 7 heavy (non-hydrogen) atoms. The first-order valence-electron chi connectivity index (χ1n) is 3.02. The van der Waals surface area contributed by atoms with Crippen LogP contribution in [-0.4, -0.2) is 0 Å². The zero-order chi connectivity index (χ0) is 5.11. The van der Waals surface area contributed by atoms with Crippen LogP contribution in [0.4, 0.5) is 0 Å². The summed E-state index contributed by atoms with van der Waals surface area (Å²) in [5.74, 6) is 0.